The summed E-state index contributed by atoms with van der Waals surface area (Å²) in [5.74, 6) is -0.417. The number of carbonyl (C=O) groups excluding carboxylic acids is 1. The minimum absolute atomic E-state index is 0.0820. The summed E-state index contributed by atoms with van der Waals surface area (Å²) in [5, 5.41) is 8.66. The van der Waals surface area contributed by atoms with Gasteiger partial charge in [0.15, 0.2) is 0 Å². The van der Waals surface area contributed by atoms with Gasteiger partial charge in [0.05, 0.1) is 12.8 Å². The number of hydrogen-bond donors (Lipinski definition) is 2. The summed E-state index contributed by atoms with van der Waals surface area (Å²) >= 11 is 0. The highest BCUT2D eigenvalue weighted by molar-refractivity contribution is 5.88. The van der Waals surface area contributed by atoms with Gasteiger partial charge in [0.25, 0.3) is 0 Å². The summed E-state index contributed by atoms with van der Waals surface area (Å²) in [7, 11) is 1.32. The largest absolute Gasteiger partial charge is 0.464 e. The Hall–Kier alpha value is -1.49. The number of esters is 1. The number of rotatable bonds is 4. The molecule has 1 heterocycles. The Bertz CT molecular complexity index is 320. The molecule has 3 N–H and O–H groups in total. The number of nitrogens with zero attached hydrogens (tertiary/aromatic N) is 1. The molecule has 14 heavy (non-hydrogen) atoms. The normalized spacial score (nSPS) is 10.1. The number of aromatic nitrogens is 1. The second-order valence-electron chi connectivity index (χ2n) is 2.92. The molecule has 0 amide bonds. The van der Waals surface area contributed by atoms with Gasteiger partial charge in [-0.05, 0) is 12.5 Å². The fourth-order valence-corrected chi connectivity index (χ4v) is 1.23. The van der Waals surface area contributed by atoms with Crippen LogP contribution < -0.4 is 5.73 Å². The summed E-state index contributed by atoms with van der Waals surface area (Å²) in [6.45, 7) is 0.636. The molecular formula is C9H14N2O3. The van der Waals surface area contributed by atoms with Gasteiger partial charge in [-0.1, -0.05) is 0 Å². The van der Waals surface area contributed by atoms with Gasteiger partial charge >= 0.3 is 5.97 Å². The Morgan fingerprint density at radius 1 is 1.71 bits per heavy atom. The summed E-state index contributed by atoms with van der Waals surface area (Å²) in [6, 6.07) is 1.56. The number of nitrogens with two attached hydrogens (primary N) is 1. The highest BCUT2D eigenvalue weighted by atomic mass is 16.5. The maximum absolute atomic E-state index is 11.2. The lowest BCUT2D eigenvalue weighted by Gasteiger charge is -2.05. The van der Waals surface area contributed by atoms with Crippen LogP contribution in [0.4, 0.5) is 5.69 Å². The number of aliphatic hydroxyl groups is 1. The SMILES string of the molecule is COC(=O)c1cc(N)cn1CCCO. The van der Waals surface area contributed by atoms with Gasteiger partial charge in [-0.15, -0.1) is 0 Å². The number of ether oxygens (including phenoxy) is 1. The van der Waals surface area contributed by atoms with Crippen LogP contribution in [0.5, 0.6) is 0 Å². The van der Waals surface area contributed by atoms with Gasteiger partial charge in [-0.2, -0.15) is 0 Å². The van der Waals surface area contributed by atoms with E-state index in [-0.39, 0.29) is 6.61 Å². The van der Waals surface area contributed by atoms with Crippen molar-refractivity contribution in [3.05, 3.63) is 18.0 Å². The van der Waals surface area contributed by atoms with Crippen LogP contribution in [0.2, 0.25) is 0 Å². The summed E-state index contributed by atoms with van der Waals surface area (Å²) in [5.41, 5.74) is 6.48. The molecule has 5 nitrogen and oxygen atoms in total. The number of carbonyl (C=O) groups is 1. The van der Waals surface area contributed by atoms with Crippen molar-refractivity contribution in [2.45, 2.75) is 13.0 Å². The van der Waals surface area contributed by atoms with Crippen molar-refractivity contribution in [1.82, 2.24) is 4.57 Å². The fraction of sp³-hybridized carbons (Fsp3) is 0.444. The third-order valence-electron chi connectivity index (χ3n) is 1.87. The Labute approximate surface area is 82.1 Å². The number of aliphatic hydroxyl groups excluding tert-OH is 1. The lowest BCUT2D eigenvalue weighted by atomic mass is 10.4. The van der Waals surface area contributed by atoms with E-state index >= 15 is 0 Å². The van der Waals surface area contributed by atoms with Crippen LogP contribution in [0.25, 0.3) is 0 Å². The molecule has 0 aromatic carbocycles. The summed E-state index contributed by atoms with van der Waals surface area (Å²) in [4.78, 5) is 11.2. The first-order valence-corrected chi connectivity index (χ1v) is 4.34. The maximum Gasteiger partial charge on any atom is 0.354 e. The highest BCUT2D eigenvalue weighted by Crippen LogP contribution is 2.12. The van der Waals surface area contributed by atoms with Gasteiger partial charge in [-0.25, -0.2) is 4.79 Å². The first kappa shape index (κ1) is 10.6. The average Bonchev–Trinajstić information content (AvgIpc) is 2.55. The second kappa shape index (κ2) is 4.66. The Morgan fingerprint density at radius 3 is 3.00 bits per heavy atom. The third kappa shape index (κ3) is 2.26. The Balaban J connectivity index is 2.85. The quantitative estimate of drug-likeness (QED) is 0.679. The van der Waals surface area contributed by atoms with Crippen LogP contribution in [0.1, 0.15) is 16.9 Å². The summed E-state index contributed by atoms with van der Waals surface area (Å²) in [6.07, 6.45) is 2.24. The standard InChI is InChI=1S/C9H14N2O3/c1-14-9(13)8-5-7(10)6-11(8)3-2-4-12/h5-6,12H,2-4,10H2,1H3. The first-order chi connectivity index (χ1) is 6.69. The van der Waals surface area contributed by atoms with Crippen molar-refractivity contribution in [2.75, 3.05) is 19.5 Å². The van der Waals surface area contributed by atoms with Crippen molar-refractivity contribution in [3.8, 4) is 0 Å². The van der Waals surface area contributed by atoms with E-state index in [1.54, 1.807) is 16.8 Å². The lowest BCUT2D eigenvalue weighted by molar-refractivity contribution is 0.0587. The average molecular weight is 198 g/mol. The number of anilines is 1. The maximum atomic E-state index is 11.2. The van der Waals surface area contributed by atoms with Gasteiger partial charge in [-0.3, -0.25) is 0 Å². The molecule has 0 bridgehead atoms. The van der Waals surface area contributed by atoms with Crippen LogP contribution in [0.3, 0.4) is 0 Å². The molecule has 0 aliphatic rings. The van der Waals surface area contributed by atoms with Crippen LogP contribution in [-0.4, -0.2) is 29.4 Å². The number of hydrogen-bond acceptors (Lipinski definition) is 4. The minimum Gasteiger partial charge on any atom is -0.464 e. The molecule has 0 spiro atoms. The predicted octanol–water partition coefficient (Wildman–Crippen LogP) is 0.239. The monoisotopic (exact) mass is 198 g/mol. The van der Waals surface area contributed by atoms with E-state index in [9.17, 15) is 4.79 Å². The zero-order chi connectivity index (χ0) is 10.6. The molecule has 1 aromatic rings. The lowest BCUT2D eigenvalue weighted by Crippen LogP contribution is -2.10. The highest BCUT2D eigenvalue weighted by Gasteiger charge is 2.12. The molecule has 78 valence electrons. The Morgan fingerprint density at radius 2 is 2.43 bits per heavy atom. The van der Waals surface area contributed by atoms with Gasteiger partial charge in [0.1, 0.15) is 5.69 Å². The zero-order valence-electron chi connectivity index (χ0n) is 8.06. The molecule has 0 aliphatic carbocycles. The molecular weight excluding hydrogens is 184 g/mol. The van der Waals surface area contributed by atoms with E-state index in [2.05, 4.69) is 4.74 Å². The first-order valence-electron chi connectivity index (χ1n) is 4.34. The van der Waals surface area contributed by atoms with E-state index < -0.39 is 5.97 Å². The van der Waals surface area contributed by atoms with E-state index in [4.69, 9.17) is 10.8 Å². The fourth-order valence-electron chi connectivity index (χ4n) is 1.23. The van der Waals surface area contributed by atoms with E-state index in [0.717, 1.165) is 0 Å². The van der Waals surface area contributed by atoms with Crippen molar-refractivity contribution >= 4 is 11.7 Å². The number of methoxy groups -OCH3 is 1. The van der Waals surface area contributed by atoms with Crippen molar-refractivity contribution in [1.29, 1.82) is 0 Å². The Kier molecular flexibility index (Phi) is 3.53. The van der Waals surface area contributed by atoms with Gasteiger partial charge in [0.2, 0.25) is 0 Å². The predicted molar refractivity (Wildman–Crippen MR) is 51.9 cm³/mol. The number of nitrogen functional groups attached to an aromatic ring is 1. The number of aryl methyl sites for hydroxylation is 1. The van der Waals surface area contributed by atoms with Crippen LogP contribution in [-0.2, 0) is 11.3 Å². The van der Waals surface area contributed by atoms with Crippen LogP contribution in [0, 0.1) is 0 Å². The molecule has 0 unspecified atom stereocenters. The minimum atomic E-state index is -0.417. The molecule has 5 heteroatoms. The molecule has 0 saturated carbocycles. The van der Waals surface area contributed by atoms with Crippen molar-refractivity contribution in [3.63, 3.8) is 0 Å². The van der Waals surface area contributed by atoms with Gasteiger partial charge < -0.3 is 20.1 Å². The van der Waals surface area contributed by atoms with Gasteiger partial charge in [0, 0.05) is 19.3 Å². The van der Waals surface area contributed by atoms with E-state index in [0.29, 0.717) is 24.3 Å². The zero-order valence-corrected chi connectivity index (χ0v) is 8.06. The molecule has 1 aromatic heterocycles. The topological polar surface area (TPSA) is 77.5 Å². The second-order valence-corrected chi connectivity index (χ2v) is 2.92. The van der Waals surface area contributed by atoms with Crippen LogP contribution in [0.15, 0.2) is 12.3 Å². The van der Waals surface area contributed by atoms with Crippen molar-refractivity contribution < 1.29 is 14.6 Å². The summed E-state index contributed by atoms with van der Waals surface area (Å²) < 4.78 is 6.27. The molecule has 0 saturated heterocycles. The molecule has 0 atom stereocenters. The molecule has 0 radical (unpaired) electrons. The van der Waals surface area contributed by atoms with E-state index in [1.165, 1.54) is 7.11 Å². The third-order valence-corrected chi connectivity index (χ3v) is 1.87. The van der Waals surface area contributed by atoms with E-state index in [1.807, 2.05) is 0 Å². The van der Waals surface area contributed by atoms with Crippen LogP contribution >= 0.6 is 0 Å². The molecule has 0 fully saturated rings. The van der Waals surface area contributed by atoms with Crippen molar-refractivity contribution in [2.24, 2.45) is 0 Å². The molecule has 0 aliphatic heterocycles. The molecule has 1 rings (SSSR count). The smallest absolute Gasteiger partial charge is 0.354 e.